The molecule has 108 valence electrons. The second kappa shape index (κ2) is 6.55. The van der Waals surface area contributed by atoms with E-state index in [9.17, 15) is 0 Å². The summed E-state index contributed by atoms with van der Waals surface area (Å²) < 4.78 is 3.05. The van der Waals surface area contributed by atoms with Gasteiger partial charge in [0, 0.05) is 17.7 Å². The Balaban J connectivity index is 2.40. The molecular weight excluding hydrogens is 314 g/mol. The Morgan fingerprint density at radius 1 is 1.30 bits per heavy atom. The van der Waals surface area contributed by atoms with Crippen LogP contribution in [0.3, 0.4) is 0 Å². The highest BCUT2D eigenvalue weighted by Crippen LogP contribution is 2.28. The van der Waals surface area contributed by atoms with Gasteiger partial charge < -0.3 is 5.32 Å². The Morgan fingerprint density at radius 3 is 2.45 bits per heavy atom. The summed E-state index contributed by atoms with van der Waals surface area (Å²) in [4.78, 5) is 0. The van der Waals surface area contributed by atoms with Gasteiger partial charge in [-0.05, 0) is 49.6 Å². The normalized spacial score (nSPS) is 12.7. The van der Waals surface area contributed by atoms with E-state index in [0.717, 1.165) is 18.7 Å². The first-order chi connectivity index (χ1) is 9.52. The first-order valence-corrected chi connectivity index (χ1v) is 7.81. The minimum atomic E-state index is 0.154. The monoisotopic (exact) mass is 335 g/mol. The van der Waals surface area contributed by atoms with E-state index in [1.54, 1.807) is 0 Å². The third kappa shape index (κ3) is 3.30. The van der Waals surface area contributed by atoms with Crippen molar-refractivity contribution in [1.82, 2.24) is 15.1 Å². The number of nitrogens with zero attached hydrogens (tertiary/aromatic N) is 2. The molecule has 1 aromatic heterocycles. The molecule has 0 aliphatic rings. The van der Waals surface area contributed by atoms with E-state index >= 15 is 0 Å². The average molecular weight is 336 g/mol. The van der Waals surface area contributed by atoms with Crippen molar-refractivity contribution in [3.8, 4) is 0 Å². The van der Waals surface area contributed by atoms with Gasteiger partial charge in [-0.2, -0.15) is 5.10 Å². The summed E-state index contributed by atoms with van der Waals surface area (Å²) in [7, 11) is 1.96. The van der Waals surface area contributed by atoms with Crippen molar-refractivity contribution < 1.29 is 0 Å². The van der Waals surface area contributed by atoms with Gasteiger partial charge in [-0.3, -0.25) is 4.68 Å². The van der Waals surface area contributed by atoms with E-state index in [0.29, 0.717) is 0 Å². The van der Waals surface area contributed by atoms with Crippen molar-refractivity contribution in [2.75, 3.05) is 6.54 Å². The SMILES string of the molecule is CCCNC(c1cc(C)c(Br)c(C)c1)c1ccn(C)n1. The lowest BCUT2D eigenvalue weighted by molar-refractivity contribution is 0.575. The van der Waals surface area contributed by atoms with E-state index in [-0.39, 0.29) is 6.04 Å². The zero-order valence-electron chi connectivity index (χ0n) is 12.6. The second-order valence-electron chi connectivity index (χ2n) is 5.27. The van der Waals surface area contributed by atoms with E-state index < -0.39 is 0 Å². The van der Waals surface area contributed by atoms with Crippen LogP contribution in [0, 0.1) is 13.8 Å². The number of aryl methyl sites for hydroxylation is 3. The number of hydrogen-bond acceptors (Lipinski definition) is 2. The van der Waals surface area contributed by atoms with Crippen LogP contribution in [-0.2, 0) is 7.05 Å². The Labute approximate surface area is 129 Å². The lowest BCUT2D eigenvalue weighted by Crippen LogP contribution is -2.24. The van der Waals surface area contributed by atoms with Gasteiger partial charge >= 0.3 is 0 Å². The van der Waals surface area contributed by atoms with Gasteiger partial charge in [0.15, 0.2) is 0 Å². The summed E-state index contributed by atoms with van der Waals surface area (Å²) >= 11 is 3.64. The van der Waals surface area contributed by atoms with Crippen LogP contribution in [0.4, 0.5) is 0 Å². The van der Waals surface area contributed by atoms with Crippen molar-refractivity contribution in [3.63, 3.8) is 0 Å². The van der Waals surface area contributed by atoms with Crippen molar-refractivity contribution in [2.45, 2.75) is 33.2 Å². The molecule has 0 bridgehead atoms. The van der Waals surface area contributed by atoms with Gasteiger partial charge in [0.25, 0.3) is 0 Å². The molecule has 1 aromatic carbocycles. The third-order valence-corrected chi connectivity index (χ3v) is 4.67. The Morgan fingerprint density at radius 2 is 1.95 bits per heavy atom. The van der Waals surface area contributed by atoms with Crippen LogP contribution >= 0.6 is 15.9 Å². The van der Waals surface area contributed by atoms with E-state index in [4.69, 9.17) is 0 Å². The fourth-order valence-electron chi connectivity index (χ4n) is 2.41. The highest BCUT2D eigenvalue weighted by atomic mass is 79.9. The molecule has 0 aliphatic heterocycles. The Hall–Kier alpha value is -1.13. The number of nitrogens with one attached hydrogen (secondary N) is 1. The van der Waals surface area contributed by atoms with Gasteiger partial charge in [0.1, 0.15) is 0 Å². The van der Waals surface area contributed by atoms with Crippen molar-refractivity contribution in [1.29, 1.82) is 0 Å². The number of aromatic nitrogens is 2. The van der Waals surface area contributed by atoms with Crippen LogP contribution in [0.2, 0.25) is 0 Å². The molecule has 0 fully saturated rings. The largest absolute Gasteiger partial charge is 0.305 e. The fourth-order valence-corrected chi connectivity index (χ4v) is 2.64. The Kier molecular flexibility index (Phi) is 5.00. The minimum absolute atomic E-state index is 0.154. The molecule has 4 heteroatoms. The smallest absolute Gasteiger partial charge is 0.0839 e. The predicted molar refractivity (Wildman–Crippen MR) is 87.0 cm³/mol. The van der Waals surface area contributed by atoms with Crippen LogP contribution in [0.1, 0.15) is 41.8 Å². The Bertz CT molecular complexity index is 566. The topological polar surface area (TPSA) is 29.9 Å². The van der Waals surface area contributed by atoms with Gasteiger partial charge in [-0.25, -0.2) is 0 Å². The molecule has 0 saturated heterocycles. The summed E-state index contributed by atoms with van der Waals surface area (Å²) in [5.74, 6) is 0. The third-order valence-electron chi connectivity index (χ3n) is 3.42. The fraction of sp³-hybridized carbons (Fsp3) is 0.438. The molecule has 0 spiro atoms. The molecule has 1 heterocycles. The second-order valence-corrected chi connectivity index (χ2v) is 6.06. The van der Waals surface area contributed by atoms with E-state index in [1.165, 1.54) is 21.2 Å². The summed E-state index contributed by atoms with van der Waals surface area (Å²) in [6, 6.07) is 6.71. The summed E-state index contributed by atoms with van der Waals surface area (Å²) in [5, 5.41) is 8.16. The van der Waals surface area contributed by atoms with Crippen LogP contribution in [0.5, 0.6) is 0 Å². The molecule has 1 unspecified atom stereocenters. The van der Waals surface area contributed by atoms with Crippen LogP contribution in [0.15, 0.2) is 28.9 Å². The van der Waals surface area contributed by atoms with Gasteiger partial charge in [-0.15, -0.1) is 0 Å². The highest BCUT2D eigenvalue weighted by molar-refractivity contribution is 9.10. The molecule has 20 heavy (non-hydrogen) atoms. The molecule has 1 atom stereocenters. The van der Waals surface area contributed by atoms with Crippen LogP contribution in [0.25, 0.3) is 0 Å². The zero-order chi connectivity index (χ0) is 14.7. The number of rotatable bonds is 5. The summed E-state index contributed by atoms with van der Waals surface area (Å²) in [5.41, 5.74) is 4.87. The molecule has 0 saturated carbocycles. The molecule has 3 nitrogen and oxygen atoms in total. The van der Waals surface area contributed by atoms with Crippen molar-refractivity contribution >= 4 is 15.9 Å². The zero-order valence-corrected chi connectivity index (χ0v) is 14.2. The molecule has 2 rings (SSSR count). The number of hydrogen-bond donors (Lipinski definition) is 1. The van der Waals surface area contributed by atoms with Crippen LogP contribution < -0.4 is 5.32 Å². The number of halogens is 1. The summed E-state index contributed by atoms with van der Waals surface area (Å²) in [6.45, 7) is 7.43. The molecule has 2 aromatic rings. The molecule has 1 N–H and O–H groups in total. The molecule has 0 aliphatic carbocycles. The first kappa shape index (κ1) is 15.3. The van der Waals surface area contributed by atoms with Crippen molar-refractivity contribution in [2.24, 2.45) is 7.05 Å². The maximum Gasteiger partial charge on any atom is 0.0839 e. The molecule has 0 radical (unpaired) electrons. The van der Waals surface area contributed by atoms with E-state index in [2.05, 4.69) is 65.3 Å². The first-order valence-electron chi connectivity index (χ1n) is 7.02. The maximum absolute atomic E-state index is 4.56. The van der Waals surface area contributed by atoms with Crippen LogP contribution in [-0.4, -0.2) is 16.3 Å². The lowest BCUT2D eigenvalue weighted by atomic mass is 9.99. The predicted octanol–water partition coefficient (Wildman–Crippen LogP) is 3.89. The van der Waals surface area contributed by atoms with Gasteiger partial charge in [0.2, 0.25) is 0 Å². The average Bonchev–Trinajstić information content (AvgIpc) is 2.83. The van der Waals surface area contributed by atoms with Gasteiger partial charge in [-0.1, -0.05) is 35.0 Å². The lowest BCUT2D eigenvalue weighted by Gasteiger charge is -2.19. The van der Waals surface area contributed by atoms with Crippen molar-refractivity contribution in [3.05, 3.63) is 51.3 Å². The van der Waals surface area contributed by atoms with E-state index in [1.807, 2.05) is 17.9 Å². The number of benzene rings is 1. The minimum Gasteiger partial charge on any atom is -0.305 e. The summed E-state index contributed by atoms with van der Waals surface area (Å²) in [6.07, 6.45) is 3.10. The highest BCUT2D eigenvalue weighted by Gasteiger charge is 2.17. The standard InChI is InChI=1S/C16H22BrN3/c1-5-7-18-16(14-6-8-20(4)19-14)13-9-11(2)15(17)12(3)10-13/h6,8-10,16,18H,5,7H2,1-4H3. The maximum atomic E-state index is 4.56. The molecule has 0 amide bonds. The quantitative estimate of drug-likeness (QED) is 0.898. The van der Waals surface area contributed by atoms with Gasteiger partial charge in [0.05, 0.1) is 11.7 Å². The molecular formula is C16H22BrN3.